The third-order valence-electron chi connectivity index (χ3n) is 7.68. The highest BCUT2D eigenvalue weighted by atomic mass is 19.1. The lowest BCUT2D eigenvalue weighted by Crippen LogP contribution is -2.34. The molecular weight excluding hydrogens is 540 g/mol. The summed E-state index contributed by atoms with van der Waals surface area (Å²) < 4.78 is 47.0. The third-order valence-corrected chi connectivity index (χ3v) is 7.68. The van der Waals surface area contributed by atoms with Gasteiger partial charge in [-0.2, -0.15) is 0 Å². The highest BCUT2D eigenvalue weighted by Gasteiger charge is 2.25. The summed E-state index contributed by atoms with van der Waals surface area (Å²) in [5.41, 5.74) is 4.19. The van der Waals surface area contributed by atoms with Crippen LogP contribution in [0.1, 0.15) is 60.1 Å². The molecule has 2 aliphatic heterocycles. The summed E-state index contributed by atoms with van der Waals surface area (Å²) in [5.74, 6) is 0.188. The van der Waals surface area contributed by atoms with Gasteiger partial charge in [0.1, 0.15) is 35.4 Å². The Morgan fingerprint density at radius 2 is 1.90 bits per heavy atom. The van der Waals surface area contributed by atoms with Gasteiger partial charge < -0.3 is 18.8 Å². The molecule has 0 unspecified atom stereocenters. The molecule has 0 amide bonds. The summed E-state index contributed by atoms with van der Waals surface area (Å²) in [7, 11) is 0. The van der Waals surface area contributed by atoms with Gasteiger partial charge >= 0.3 is 5.97 Å². The molecule has 42 heavy (non-hydrogen) atoms. The van der Waals surface area contributed by atoms with E-state index in [9.17, 15) is 13.6 Å². The van der Waals surface area contributed by atoms with Crippen LogP contribution >= 0.6 is 0 Å². The first-order valence-corrected chi connectivity index (χ1v) is 14.4. The fourth-order valence-electron chi connectivity index (χ4n) is 5.42. The Hall–Kier alpha value is -3.82. The highest BCUT2D eigenvalue weighted by Crippen LogP contribution is 2.28. The maximum atomic E-state index is 14.1. The summed E-state index contributed by atoms with van der Waals surface area (Å²) in [6.07, 6.45) is 1.99. The molecule has 0 N–H and O–H groups in total. The SMILES string of the molecule is CC(C)(C)OC(=O)c1ccc2nc(CN3CCc4ccc(OCc5cc(F)ccc5F)cc4C3)n(C[C@@H]3CCO3)c2c1. The topological polar surface area (TPSA) is 65.8 Å². The van der Waals surface area contributed by atoms with Crippen LogP contribution in [0.5, 0.6) is 5.75 Å². The van der Waals surface area contributed by atoms with Crippen LogP contribution in [-0.2, 0) is 42.1 Å². The molecule has 0 saturated carbocycles. The van der Waals surface area contributed by atoms with Crippen molar-refractivity contribution in [2.75, 3.05) is 13.2 Å². The molecule has 3 heterocycles. The number of esters is 1. The molecule has 1 aromatic heterocycles. The van der Waals surface area contributed by atoms with Crippen LogP contribution in [0.3, 0.4) is 0 Å². The van der Waals surface area contributed by atoms with Crippen molar-refractivity contribution < 1.29 is 27.8 Å². The molecule has 1 atom stereocenters. The number of benzene rings is 3. The van der Waals surface area contributed by atoms with E-state index >= 15 is 0 Å². The van der Waals surface area contributed by atoms with E-state index in [4.69, 9.17) is 19.2 Å². The number of nitrogens with zero attached hydrogens (tertiary/aromatic N) is 3. The van der Waals surface area contributed by atoms with Crippen molar-refractivity contribution in [2.45, 2.75) is 71.6 Å². The minimum absolute atomic E-state index is 0.0510. The van der Waals surface area contributed by atoms with Crippen LogP contribution in [0, 0.1) is 11.6 Å². The molecule has 220 valence electrons. The molecule has 6 rings (SSSR count). The first-order chi connectivity index (χ1) is 20.1. The monoisotopic (exact) mass is 575 g/mol. The number of ether oxygens (including phenoxy) is 3. The average molecular weight is 576 g/mol. The molecule has 9 heteroatoms. The zero-order valence-electron chi connectivity index (χ0n) is 24.2. The number of halogens is 2. The normalized spacial score (nSPS) is 17.1. The third kappa shape index (κ3) is 6.32. The molecule has 4 aromatic rings. The minimum atomic E-state index is -0.581. The van der Waals surface area contributed by atoms with Crippen molar-refractivity contribution in [3.05, 3.63) is 94.3 Å². The smallest absolute Gasteiger partial charge is 0.338 e. The minimum Gasteiger partial charge on any atom is -0.489 e. The van der Waals surface area contributed by atoms with Crippen molar-refractivity contribution in [2.24, 2.45) is 0 Å². The quantitative estimate of drug-likeness (QED) is 0.233. The standard InChI is InChI=1S/C33H35F2N3O4/c1-33(2,3)42-32(39)22-5-9-29-30(16-22)38(18-27-11-13-40-27)31(36-29)19-37-12-10-21-4-7-26(15-23(21)17-37)41-20-24-14-25(34)6-8-28(24)35/h4-9,14-16,27H,10-13,17-20H2,1-3H3/t27-/m0/s1. The molecule has 1 fully saturated rings. The van der Waals surface area contributed by atoms with Gasteiger partial charge in [-0.15, -0.1) is 0 Å². The van der Waals surface area contributed by atoms with Gasteiger partial charge in [-0.3, -0.25) is 4.90 Å². The van der Waals surface area contributed by atoms with Crippen LogP contribution in [0.15, 0.2) is 54.6 Å². The summed E-state index contributed by atoms with van der Waals surface area (Å²) >= 11 is 0. The predicted octanol–water partition coefficient (Wildman–Crippen LogP) is 6.20. The Bertz CT molecular complexity index is 1620. The fraction of sp³-hybridized carbons (Fsp3) is 0.394. The van der Waals surface area contributed by atoms with Gasteiger partial charge in [0.25, 0.3) is 0 Å². The first-order valence-electron chi connectivity index (χ1n) is 14.4. The van der Waals surface area contributed by atoms with Crippen LogP contribution in [0.4, 0.5) is 8.78 Å². The van der Waals surface area contributed by atoms with Gasteiger partial charge in [0.05, 0.1) is 35.8 Å². The number of rotatable bonds is 8. The molecule has 1 saturated heterocycles. The average Bonchev–Trinajstić information content (AvgIpc) is 3.25. The number of imidazole rings is 1. The van der Waals surface area contributed by atoms with Gasteiger partial charge in [0.2, 0.25) is 0 Å². The predicted molar refractivity (Wildman–Crippen MR) is 154 cm³/mol. The van der Waals surface area contributed by atoms with Gasteiger partial charge in [-0.1, -0.05) is 6.07 Å². The molecule has 0 spiro atoms. The summed E-state index contributed by atoms with van der Waals surface area (Å²) in [6.45, 7) is 9.15. The maximum absolute atomic E-state index is 14.1. The number of carbonyl (C=O) groups excluding carboxylic acids is 1. The van der Waals surface area contributed by atoms with Crippen LogP contribution in [0.25, 0.3) is 11.0 Å². The van der Waals surface area contributed by atoms with E-state index in [1.807, 2.05) is 51.1 Å². The van der Waals surface area contributed by atoms with Crippen molar-refractivity contribution in [1.82, 2.24) is 14.5 Å². The molecular formula is C33H35F2N3O4. The first kappa shape index (κ1) is 28.3. The molecule has 0 aliphatic carbocycles. The fourth-order valence-corrected chi connectivity index (χ4v) is 5.42. The van der Waals surface area contributed by atoms with E-state index in [1.165, 1.54) is 5.56 Å². The van der Waals surface area contributed by atoms with Crippen molar-refractivity contribution in [1.29, 1.82) is 0 Å². The number of aromatic nitrogens is 2. The number of carbonyl (C=O) groups is 1. The van der Waals surface area contributed by atoms with E-state index in [0.29, 0.717) is 30.9 Å². The highest BCUT2D eigenvalue weighted by molar-refractivity contribution is 5.94. The molecule has 0 radical (unpaired) electrons. The molecule has 0 bridgehead atoms. The van der Waals surface area contributed by atoms with Crippen LogP contribution in [0.2, 0.25) is 0 Å². The van der Waals surface area contributed by atoms with Gasteiger partial charge in [0, 0.05) is 25.3 Å². The summed E-state index contributed by atoms with van der Waals surface area (Å²) in [5, 5.41) is 0. The second kappa shape index (κ2) is 11.5. The summed E-state index contributed by atoms with van der Waals surface area (Å²) in [4.78, 5) is 20.1. The van der Waals surface area contributed by atoms with Crippen molar-refractivity contribution in [3.63, 3.8) is 0 Å². The molecule has 3 aromatic carbocycles. The van der Waals surface area contributed by atoms with Gasteiger partial charge in [0.15, 0.2) is 0 Å². The molecule has 2 aliphatic rings. The molecule has 7 nitrogen and oxygen atoms in total. The number of fused-ring (bicyclic) bond motifs is 2. The Morgan fingerprint density at radius 3 is 2.67 bits per heavy atom. The Balaban J connectivity index is 1.21. The zero-order valence-corrected chi connectivity index (χ0v) is 24.2. The Kier molecular flexibility index (Phi) is 7.72. The van der Waals surface area contributed by atoms with Crippen LogP contribution < -0.4 is 4.74 Å². The largest absolute Gasteiger partial charge is 0.489 e. The zero-order chi connectivity index (χ0) is 29.4. The second-order valence-corrected chi connectivity index (χ2v) is 12.0. The van der Waals surface area contributed by atoms with E-state index < -0.39 is 17.2 Å². The number of hydrogen-bond donors (Lipinski definition) is 0. The lowest BCUT2D eigenvalue weighted by atomic mass is 9.99. The Morgan fingerprint density at radius 1 is 1.07 bits per heavy atom. The van der Waals surface area contributed by atoms with E-state index in [-0.39, 0.29) is 24.2 Å². The van der Waals surface area contributed by atoms with E-state index in [2.05, 4.69) is 9.47 Å². The lowest BCUT2D eigenvalue weighted by Gasteiger charge is -2.30. The van der Waals surface area contributed by atoms with Gasteiger partial charge in [-0.25, -0.2) is 18.6 Å². The van der Waals surface area contributed by atoms with E-state index in [0.717, 1.165) is 66.6 Å². The van der Waals surface area contributed by atoms with Crippen molar-refractivity contribution >= 4 is 17.0 Å². The maximum Gasteiger partial charge on any atom is 0.338 e. The Labute approximate surface area is 244 Å². The lowest BCUT2D eigenvalue weighted by molar-refractivity contribution is -0.0592. The van der Waals surface area contributed by atoms with Crippen molar-refractivity contribution in [3.8, 4) is 5.75 Å². The summed E-state index contributed by atoms with van der Waals surface area (Å²) in [6, 6.07) is 14.8. The second-order valence-electron chi connectivity index (χ2n) is 12.0. The van der Waals surface area contributed by atoms with Crippen LogP contribution in [-0.4, -0.2) is 45.3 Å². The van der Waals surface area contributed by atoms with E-state index in [1.54, 1.807) is 6.07 Å². The number of hydrogen-bond acceptors (Lipinski definition) is 6. The van der Waals surface area contributed by atoms with Gasteiger partial charge in [-0.05, 0) is 93.3 Å².